The van der Waals surface area contributed by atoms with Gasteiger partial charge in [-0.05, 0) is 5.56 Å². The number of hydrogen-bond acceptors (Lipinski definition) is 5. The third kappa shape index (κ3) is 3.33. The summed E-state index contributed by atoms with van der Waals surface area (Å²) in [6.45, 7) is 1.27. The molecule has 0 saturated heterocycles. The maximum Gasteiger partial charge on any atom is 0.269 e. The van der Waals surface area contributed by atoms with Crippen molar-refractivity contribution in [2.45, 2.75) is 13.1 Å². The first kappa shape index (κ1) is 11.7. The number of nitro groups is 1. The van der Waals surface area contributed by atoms with E-state index in [0.29, 0.717) is 13.1 Å². The molecule has 0 radical (unpaired) electrons. The van der Waals surface area contributed by atoms with Crippen LogP contribution in [0.25, 0.3) is 0 Å². The van der Waals surface area contributed by atoms with Crippen LogP contribution < -0.4 is 5.32 Å². The molecule has 0 bridgehead atoms. The zero-order chi connectivity index (χ0) is 12.1. The predicted octanol–water partition coefficient (Wildman–Crippen LogP) is 2.34. The fraction of sp³-hybridized carbons (Fsp3) is 0.182. The number of non-ortho nitro benzene ring substituents is 1. The summed E-state index contributed by atoms with van der Waals surface area (Å²) in [6, 6.07) is 6.62. The van der Waals surface area contributed by atoms with Gasteiger partial charge in [-0.1, -0.05) is 12.1 Å². The van der Waals surface area contributed by atoms with E-state index in [4.69, 9.17) is 0 Å². The topological polar surface area (TPSA) is 68.1 Å². The third-order valence-electron chi connectivity index (χ3n) is 2.24. The highest BCUT2D eigenvalue weighted by molar-refractivity contribution is 7.07. The van der Waals surface area contributed by atoms with Crippen molar-refractivity contribution in [2.75, 3.05) is 0 Å². The van der Waals surface area contributed by atoms with Crippen molar-refractivity contribution in [3.05, 3.63) is 56.5 Å². The summed E-state index contributed by atoms with van der Waals surface area (Å²) in [4.78, 5) is 14.3. The van der Waals surface area contributed by atoms with E-state index in [-0.39, 0.29) is 10.6 Å². The summed E-state index contributed by atoms with van der Waals surface area (Å²) >= 11 is 1.55. The second-order valence-corrected chi connectivity index (χ2v) is 4.23. The van der Waals surface area contributed by atoms with Crippen LogP contribution in [-0.2, 0) is 13.1 Å². The molecule has 0 fully saturated rings. The normalized spacial score (nSPS) is 10.4. The zero-order valence-electron chi connectivity index (χ0n) is 9.00. The number of aromatic nitrogens is 1. The number of nitrogens with one attached hydrogen (secondary N) is 1. The average Bonchev–Trinajstić information content (AvgIpc) is 2.82. The number of thiazole rings is 1. The Morgan fingerprint density at radius 3 is 3.00 bits per heavy atom. The lowest BCUT2D eigenvalue weighted by molar-refractivity contribution is -0.384. The van der Waals surface area contributed by atoms with Crippen molar-refractivity contribution >= 4 is 17.0 Å². The predicted molar refractivity (Wildman–Crippen MR) is 65.8 cm³/mol. The largest absolute Gasteiger partial charge is 0.307 e. The van der Waals surface area contributed by atoms with Gasteiger partial charge in [0.15, 0.2) is 0 Å². The van der Waals surface area contributed by atoms with E-state index in [0.717, 1.165) is 11.3 Å². The number of hydrogen-bond donors (Lipinski definition) is 1. The van der Waals surface area contributed by atoms with E-state index in [2.05, 4.69) is 10.3 Å². The minimum Gasteiger partial charge on any atom is -0.307 e. The van der Waals surface area contributed by atoms with Gasteiger partial charge >= 0.3 is 0 Å². The summed E-state index contributed by atoms with van der Waals surface area (Å²) in [6.07, 6.45) is 0. The summed E-state index contributed by atoms with van der Waals surface area (Å²) in [5.41, 5.74) is 3.79. The molecule has 0 aliphatic carbocycles. The second kappa shape index (κ2) is 5.51. The fourth-order valence-corrected chi connectivity index (χ4v) is 2.00. The standard InChI is InChI=1S/C11H11N3O2S/c15-14(16)11-3-1-2-9(4-11)5-12-6-10-7-17-8-13-10/h1-4,7-8,12H,5-6H2. The molecule has 0 atom stereocenters. The Hall–Kier alpha value is -1.79. The molecule has 0 aliphatic rings. The minimum absolute atomic E-state index is 0.123. The summed E-state index contributed by atoms with van der Waals surface area (Å²) in [5, 5.41) is 15.8. The number of benzene rings is 1. The zero-order valence-corrected chi connectivity index (χ0v) is 9.81. The molecule has 2 aromatic rings. The van der Waals surface area contributed by atoms with Gasteiger partial charge in [-0.2, -0.15) is 0 Å². The molecule has 88 valence electrons. The van der Waals surface area contributed by atoms with Crippen molar-refractivity contribution in [2.24, 2.45) is 0 Å². The molecular formula is C11H11N3O2S. The lowest BCUT2D eigenvalue weighted by Crippen LogP contribution is -2.12. The first-order valence-corrected chi connectivity index (χ1v) is 6.01. The first-order chi connectivity index (χ1) is 8.25. The molecular weight excluding hydrogens is 238 g/mol. The lowest BCUT2D eigenvalue weighted by Gasteiger charge is -2.02. The molecule has 1 aromatic heterocycles. The van der Waals surface area contributed by atoms with Crippen molar-refractivity contribution in [1.29, 1.82) is 0 Å². The van der Waals surface area contributed by atoms with Crippen LogP contribution in [0.15, 0.2) is 35.2 Å². The minimum atomic E-state index is -0.385. The summed E-state index contributed by atoms with van der Waals surface area (Å²) in [7, 11) is 0. The van der Waals surface area contributed by atoms with Crippen molar-refractivity contribution in [3.8, 4) is 0 Å². The molecule has 17 heavy (non-hydrogen) atoms. The quantitative estimate of drug-likeness (QED) is 0.652. The number of nitrogens with zero attached hydrogens (tertiary/aromatic N) is 2. The van der Waals surface area contributed by atoms with E-state index >= 15 is 0 Å². The highest BCUT2D eigenvalue weighted by atomic mass is 32.1. The first-order valence-electron chi connectivity index (χ1n) is 5.07. The number of rotatable bonds is 5. The monoisotopic (exact) mass is 249 g/mol. The SMILES string of the molecule is O=[N+]([O-])c1cccc(CNCc2cscn2)c1. The van der Waals surface area contributed by atoms with Crippen molar-refractivity contribution in [3.63, 3.8) is 0 Å². The van der Waals surface area contributed by atoms with E-state index < -0.39 is 0 Å². The molecule has 0 spiro atoms. The van der Waals surface area contributed by atoms with Crippen LogP contribution >= 0.6 is 11.3 Å². The van der Waals surface area contributed by atoms with E-state index in [9.17, 15) is 10.1 Å². The summed E-state index contributed by atoms with van der Waals surface area (Å²) in [5.74, 6) is 0. The molecule has 0 aliphatic heterocycles. The summed E-state index contributed by atoms with van der Waals surface area (Å²) < 4.78 is 0. The maximum absolute atomic E-state index is 10.6. The van der Waals surface area contributed by atoms with Crippen LogP contribution in [0.3, 0.4) is 0 Å². The molecule has 0 saturated carbocycles. The smallest absolute Gasteiger partial charge is 0.269 e. The van der Waals surface area contributed by atoms with Crippen LogP contribution in [-0.4, -0.2) is 9.91 Å². The van der Waals surface area contributed by atoms with Crippen LogP contribution in [0.2, 0.25) is 0 Å². The van der Waals surface area contributed by atoms with Gasteiger partial charge in [-0.25, -0.2) is 4.98 Å². The van der Waals surface area contributed by atoms with Crippen molar-refractivity contribution < 1.29 is 4.92 Å². The van der Waals surface area contributed by atoms with Gasteiger partial charge in [0.05, 0.1) is 16.1 Å². The van der Waals surface area contributed by atoms with Gasteiger partial charge in [0.25, 0.3) is 5.69 Å². The molecule has 2 rings (SSSR count). The van der Waals surface area contributed by atoms with Crippen LogP contribution in [0, 0.1) is 10.1 Å². The highest BCUT2D eigenvalue weighted by Crippen LogP contribution is 2.12. The Bertz CT molecular complexity index is 499. The van der Waals surface area contributed by atoms with Gasteiger partial charge < -0.3 is 5.32 Å². The molecule has 1 heterocycles. The van der Waals surface area contributed by atoms with E-state index in [1.807, 2.05) is 11.4 Å². The Morgan fingerprint density at radius 1 is 1.41 bits per heavy atom. The van der Waals surface area contributed by atoms with E-state index in [1.54, 1.807) is 29.0 Å². The van der Waals surface area contributed by atoms with Crippen LogP contribution in [0.1, 0.15) is 11.3 Å². The Balaban J connectivity index is 1.90. The number of nitro benzene ring substituents is 1. The maximum atomic E-state index is 10.6. The lowest BCUT2D eigenvalue weighted by atomic mass is 10.2. The fourth-order valence-electron chi connectivity index (χ4n) is 1.44. The molecule has 5 nitrogen and oxygen atoms in total. The Morgan fingerprint density at radius 2 is 2.29 bits per heavy atom. The Labute approximate surface area is 102 Å². The molecule has 6 heteroatoms. The Kier molecular flexibility index (Phi) is 3.79. The van der Waals surface area contributed by atoms with Crippen LogP contribution in [0.4, 0.5) is 5.69 Å². The molecule has 1 aromatic carbocycles. The van der Waals surface area contributed by atoms with Gasteiger partial charge in [0.2, 0.25) is 0 Å². The van der Waals surface area contributed by atoms with Crippen LogP contribution in [0.5, 0.6) is 0 Å². The average molecular weight is 249 g/mol. The second-order valence-electron chi connectivity index (χ2n) is 3.51. The third-order valence-corrected chi connectivity index (χ3v) is 2.88. The van der Waals surface area contributed by atoms with E-state index in [1.165, 1.54) is 6.07 Å². The van der Waals surface area contributed by atoms with Gasteiger partial charge in [-0.3, -0.25) is 10.1 Å². The molecule has 0 unspecified atom stereocenters. The van der Waals surface area contributed by atoms with Crippen molar-refractivity contribution in [1.82, 2.24) is 10.3 Å². The van der Waals surface area contributed by atoms with Gasteiger partial charge in [0.1, 0.15) is 0 Å². The molecule has 0 amide bonds. The van der Waals surface area contributed by atoms with Gasteiger partial charge in [0, 0.05) is 30.6 Å². The van der Waals surface area contributed by atoms with Gasteiger partial charge in [-0.15, -0.1) is 11.3 Å². The molecule has 1 N–H and O–H groups in total. The highest BCUT2D eigenvalue weighted by Gasteiger charge is 2.05.